The molecule has 1 N–H and O–H groups in total. The molecule has 2 rings (SSSR count). The number of carbonyl (C=O) groups is 3. The molecule has 4 atom stereocenters. The van der Waals surface area contributed by atoms with Crippen molar-refractivity contribution in [2.45, 2.75) is 45.3 Å². The molecule has 10 nitrogen and oxygen atoms in total. The van der Waals surface area contributed by atoms with Gasteiger partial charge in [-0.05, 0) is 12.0 Å². The number of aromatic nitrogens is 1. The highest BCUT2D eigenvalue weighted by molar-refractivity contribution is 8.93. The van der Waals surface area contributed by atoms with Crippen molar-refractivity contribution in [3.8, 4) is 0 Å². The molecule has 1 aromatic rings. The van der Waals surface area contributed by atoms with Gasteiger partial charge in [0.15, 0.2) is 24.6 Å². The van der Waals surface area contributed by atoms with Crippen LogP contribution in [0.25, 0.3) is 0 Å². The average molecular weight is 461 g/mol. The van der Waals surface area contributed by atoms with Gasteiger partial charge in [0.2, 0.25) is 6.10 Å². The first-order chi connectivity index (χ1) is 12.7. The highest BCUT2D eigenvalue weighted by atomic mass is 79.9. The molecule has 1 fully saturated rings. The van der Waals surface area contributed by atoms with Crippen LogP contribution in [-0.4, -0.2) is 48.7 Å². The van der Waals surface area contributed by atoms with E-state index in [2.05, 4.69) is 0 Å². The second kappa shape index (κ2) is 10.1. The largest absolute Gasteiger partial charge is 0.859 e. The molecule has 28 heavy (non-hydrogen) atoms. The SMILES string of the molecule is Br.CC(=O)OC1COC([n+]2cccc(C(=N)[O-])c2)C(OC(C)=O)C1OC(C)=O. The van der Waals surface area contributed by atoms with Crippen LogP contribution in [0.15, 0.2) is 24.5 Å². The van der Waals surface area contributed by atoms with Crippen molar-refractivity contribution in [1.29, 1.82) is 5.41 Å². The lowest BCUT2D eigenvalue weighted by Gasteiger charge is -2.37. The number of hydrogen-bond acceptors (Lipinski definition) is 9. The van der Waals surface area contributed by atoms with Gasteiger partial charge in [-0.3, -0.25) is 14.4 Å². The molecule has 1 aliphatic heterocycles. The van der Waals surface area contributed by atoms with E-state index >= 15 is 0 Å². The monoisotopic (exact) mass is 460 g/mol. The fourth-order valence-electron chi connectivity index (χ4n) is 2.76. The molecular formula is C17H21BrN2O8. The summed E-state index contributed by atoms with van der Waals surface area (Å²) in [5.74, 6) is -2.84. The number of nitrogens with one attached hydrogen (secondary N) is 1. The molecule has 0 spiro atoms. The molecule has 1 saturated heterocycles. The normalized spacial score (nSPS) is 23.7. The van der Waals surface area contributed by atoms with E-state index in [-0.39, 0.29) is 29.2 Å². The summed E-state index contributed by atoms with van der Waals surface area (Å²) in [6.07, 6.45) is -1.31. The lowest BCUT2D eigenvalue weighted by Crippen LogP contribution is -2.61. The van der Waals surface area contributed by atoms with Crippen LogP contribution >= 0.6 is 17.0 Å². The smallest absolute Gasteiger partial charge is 0.304 e. The molecule has 0 saturated carbocycles. The van der Waals surface area contributed by atoms with Crippen LogP contribution in [-0.2, 0) is 33.3 Å². The Labute approximate surface area is 171 Å². The minimum atomic E-state index is -1.15. The standard InChI is InChI=1S/C17H20N2O8.BrH/c1-9(20)25-13-8-24-17(19-6-4-5-12(7-19)16(18)23)15(27-11(3)22)14(13)26-10(2)21;/h4-7,13-15,17H,8H2,1-3H3,(H-,18,23);1H. The molecular weight excluding hydrogens is 440 g/mol. The van der Waals surface area contributed by atoms with Crippen LogP contribution in [0.5, 0.6) is 0 Å². The number of halogens is 1. The van der Waals surface area contributed by atoms with Crippen LogP contribution in [0.2, 0.25) is 0 Å². The van der Waals surface area contributed by atoms with Crippen molar-refractivity contribution in [2.75, 3.05) is 6.61 Å². The Morgan fingerprint density at radius 2 is 1.68 bits per heavy atom. The highest BCUT2D eigenvalue weighted by Gasteiger charge is 2.51. The van der Waals surface area contributed by atoms with E-state index in [9.17, 15) is 19.5 Å². The predicted octanol–water partition coefficient (Wildman–Crippen LogP) is -0.438. The van der Waals surface area contributed by atoms with Gasteiger partial charge in [-0.1, -0.05) is 0 Å². The molecule has 0 aromatic carbocycles. The van der Waals surface area contributed by atoms with Gasteiger partial charge in [-0.2, -0.15) is 4.57 Å². The van der Waals surface area contributed by atoms with Gasteiger partial charge in [0.05, 0.1) is 6.61 Å². The van der Waals surface area contributed by atoms with Gasteiger partial charge in [-0.25, -0.2) is 0 Å². The summed E-state index contributed by atoms with van der Waals surface area (Å²) in [7, 11) is 0. The minimum Gasteiger partial charge on any atom is -0.859 e. The molecule has 1 aliphatic rings. The number of ether oxygens (including phenoxy) is 4. The summed E-state index contributed by atoms with van der Waals surface area (Å²) in [6, 6.07) is 2.97. The van der Waals surface area contributed by atoms with Crippen LogP contribution in [0, 0.1) is 5.41 Å². The van der Waals surface area contributed by atoms with Gasteiger partial charge in [0.25, 0.3) is 0 Å². The Morgan fingerprint density at radius 3 is 2.21 bits per heavy atom. The zero-order valence-electron chi connectivity index (χ0n) is 15.4. The lowest BCUT2D eigenvalue weighted by molar-refractivity contribution is -0.774. The summed E-state index contributed by atoms with van der Waals surface area (Å²) in [6.45, 7) is 3.40. The van der Waals surface area contributed by atoms with Gasteiger partial charge < -0.3 is 29.5 Å². The molecule has 4 unspecified atom stereocenters. The first-order valence-corrected chi connectivity index (χ1v) is 8.09. The first-order valence-electron chi connectivity index (χ1n) is 8.09. The van der Waals surface area contributed by atoms with Crippen molar-refractivity contribution in [2.24, 2.45) is 0 Å². The highest BCUT2D eigenvalue weighted by Crippen LogP contribution is 2.27. The van der Waals surface area contributed by atoms with E-state index in [0.717, 1.165) is 0 Å². The zero-order chi connectivity index (χ0) is 20.1. The summed E-state index contributed by atoms with van der Waals surface area (Å²) in [5, 5.41) is 18.6. The van der Waals surface area contributed by atoms with Gasteiger partial charge in [0.1, 0.15) is 0 Å². The Bertz CT molecular complexity index is 756. The fraction of sp³-hybridized carbons (Fsp3) is 0.471. The zero-order valence-corrected chi connectivity index (χ0v) is 17.2. The first kappa shape index (κ1) is 23.5. The Kier molecular flexibility index (Phi) is 8.51. The quantitative estimate of drug-likeness (QED) is 0.205. The molecule has 2 heterocycles. The lowest BCUT2D eigenvalue weighted by atomic mass is 10.0. The molecule has 0 radical (unpaired) electrons. The summed E-state index contributed by atoms with van der Waals surface area (Å²) >= 11 is 0. The van der Waals surface area contributed by atoms with Gasteiger partial charge in [-0.15, -0.1) is 17.0 Å². The Morgan fingerprint density at radius 1 is 1.11 bits per heavy atom. The average Bonchev–Trinajstić information content (AvgIpc) is 2.56. The van der Waals surface area contributed by atoms with Crippen molar-refractivity contribution in [3.05, 3.63) is 30.1 Å². The van der Waals surface area contributed by atoms with E-state index in [0.29, 0.717) is 0 Å². The van der Waals surface area contributed by atoms with Crippen molar-refractivity contribution in [1.82, 2.24) is 0 Å². The third kappa shape index (κ3) is 5.99. The third-order valence-corrected chi connectivity index (χ3v) is 3.70. The molecule has 1 aromatic heterocycles. The van der Waals surface area contributed by atoms with E-state index in [4.69, 9.17) is 24.4 Å². The van der Waals surface area contributed by atoms with E-state index in [1.54, 1.807) is 6.20 Å². The topological polar surface area (TPSA) is 139 Å². The predicted molar refractivity (Wildman–Crippen MR) is 95.4 cm³/mol. The third-order valence-electron chi connectivity index (χ3n) is 3.70. The summed E-state index contributed by atoms with van der Waals surface area (Å²) < 4.78 is 22.8. The molecule has 154 valence electrons. The van der Waals surface area contributed by atoms with E-state index in [1.807, 2.05) is 0 Å². The number of esters is 3. The molecule has 0 bridgehead atoms. The number of hydrogen-bond donors (Lipinski definition) is 1. The van der Waals surface area contributed by atoms with Crippen LogP contribution < -0.4 is 9.67 Å². The number of nitrogens with zero attached hydrogens (tertiary/aromatic N) is 1. The van der Waals surface area contributed by atoms with Gasteiger partial charge in [0, 0.05) is 32.4 Å². The van der Waals surface area contributed by atoms with Crippen molar-refractivity contribution >= 4 is 40.8 Å². The number of rotatable bonds is 5. The number of carbonyl (C=O) groups excluding carboxylic acids is 3. The fourth-order valence-corrected chi connectivity index (χ4v) is 2.76. The second-order valence-corrected chi connectivity index (χ2v) is 5.89. The van der Waals surface area contributed by atoms with Crippen molar-refractivity contribution < 1.29 is 43.0 Å². The Hall–Kier alpha value is -2.53. The Balaban J connectivity index is 0.00000392. The van der Waals surface area contributed by atoms with Crippen LogP contribution in [0.4, 0.5) is 0 Å². The molecule has 11 heteroatoms. The van der Waals surface area contributed by atoms with E-state index < -0.39 is 48.3 Å². The maximum absolute atomic E-state index is 11.6. The molecule has 0 amide bonds. The second-order valence-electron chi connectivity index (χ2n) is 5.89. The van der Waals surface area contributed by atoms with Crippen LogP contribution in [0.1, 0.15) is 32.6 Å². The minimum absolute atomic E-state index is 0. The maximum Gasteiger partial charge on any atom is 0.304 e. The van der Waals surface area contributed by atoms with Crippen LogP contribution in [0.3, 0.4) is 0 Å². The summed E-state index contributed by atoms with van der Waals surface area (Å²) in [4.78, 5) is 34.5. The number of pyridine rings is 1. The molecule has 0 aliphatic carbocycles. The van der Waals surface area contributed by atoms with Gasteiger partial charge >= 0.3 is 24.1 Å². The summed E-state index contributed by atoms with van der Waals surface area (Å²) in [5.41, 5.74) is 0.0915. The maximum atomic E-state index is 11.6. The van der Waals surface area contributed by atoms with E-state index in [1.165, 1.54) is 43.7 Å². The van der Waals surface area contributed by atoms with Crippen molar-refractivity contribution in [3.63, 3.8) is 0 Å².